The highest BCUT2D eigenvalue weighted by Crippen LogP contribution is 2.24. The van der Waals surface area contributed by atoms with E-state index in [4.69, 9.17) is 8.37 Å². The smallest absolute Gasteiger partial charge is 0.0746 e. The number of hydrogen-bond donors (Lipinski definition) is 0. The lowest BCUT2D eigenvalue weighted by molar-refractivity contribution is 0.193. The molecule has 0 aliphatic rings. The molecule has 0 bridgehead atoms. The third kappa shape index (κ3) is 6.57. The Morgan fingerprint density at radius 1 is 0.857 bits per heavy atom. The Morgan fingerprint density at radius 2 is 1.43 bits per heavy atom. The molecule has 0 saturated heterocycles. The van der Waals surface area contributed by atoms with Crippen molar-refractivity contribution >= 4 is 24.1 Å². The van der Waals surface area contributed by atoms with Crippen molar-refractivity contribution in [3.63, 3.8) is 0 Å². The lowest BCUT2D eigenvalue weighted by atomic mass is 10.2. The van der Waals surface area contributed by atoms with Gasteiger partial charge in [0.2, 0.25) is 0 Å². The first-order chi connectivity index (χ1) is 10.4. The standard InChI is InChI=1S/C17H20O2S2/c1-2-15(19-21-17-11-7-4-8-12-17)13-14-18-20-16-9-5-3-6-10-16/h3-12,15H,2,13-14H2,1H3. The molecule has 4 heteroatoms. The second-order valence-electron chi connectivity index (χ2n) is 4.53. The van der Waals surface area contributed by atoms with Crippen LogP contribution < -0.4 is 0 Å². The van der Waals surface area contributed by atoms with E-state index in [9.17, 15) is 0 Å². The summed E-state index contributed by atoms with van der Waals surface area (Å²) in [7, 11) is 0. The van der Waals surface area contributed by atoms with Crippen LogP contribution in [-0.4, -0.2) is 12.7 Å². The zero-order chi connectivity index (χ0) is 14.8. The van der Waals surface area contributed by atoms with Crippen LogP contribution in [0.1, 0.15) is 19.8 Å². The van der Waals surface area contributed by atoms with E-state index in [1.807, 2.05) is 48.5 Å². The third-order valence-corrected chi connectivity index (χ3v) is 4.48. The minimum Gasteiger partial charge on any atom is -0.310 e. The fourth-order valence-electron chi connectivity index (χ4n) is 1.69. The number of hydrogen-bond acceptors (Lipinski definition) is 4. The quantitative estimate of drug-likeness (QED) is 0.442. The van der Waals surface area contributed by atoms with Gasteiger partial charge < -0.3 is 8.37 Å². The maximum atomic E-state index is 5.86. The van der Waals surface area contributed by atoms with Crippen molar-refractivity contribution in [3.8, 4) is 0 Å². The summed E-state index contributed by atoms with van der Waals surface area (Å²) in [5, 5.41) is 0. The monoisotopic (exact) mass is 320 g/mol. The van der Waals surface area contributed by atoms with E-state index in [1.54, 1.807) is 0 Å². The molecular weight excluding hydrogens is 300 g/mol. The van der Waals surface area contributed by atoms with Gasteiger partial charge in [-0.15, -0.1) is 0 Å². The fraction of sp³-hybridized carbons (Fsp3) is 0.294. The van der Waals surface area contributed by atoms with Gasteiger partial charge >= 0.3 is 0 Å². The van der Waals surface area contributed by atoms with Gasteiger partial charge in [-0.25, -0.2) is 0 Å². The molecule has 0 N–H and O–H groups in total. The predicted octanol–water partition coefficient (Wildman–Crippen LogP) is 5.60. The molecule has 0 fully saturated rings. The largest absolute Gasteiger partial charge is 0.310 e. The van der Waals surface area contributed by atoms with Crippen molar-refractivity contribution in [1.82, 2.24) is 0 Å². The average Bonchev–Trinajstić information content (AvgIpc) is 2.56. The number of rotatable bonds is 9. The highest BCUT2D eigenvalue weighted by Gasteiger charge is 2.08. The summed E-state index contributed by atoms with van der Waals surface area (Å²) >= 11 is 2.87. The molecule has 21 heavy (non-hydrogen) atoms. The average molecular weight is 320 g/mol. The molecule has 1 atom stereocenters. The summed E-state index contributed by atoms with van der Waals surface area (Å²) in [5.41, 5.74) is 0. The first-order valence-corrected chi connectivity index (χ1v) is 8.59. The molecular formula is C17H20O2S2. The first kappa shape index (κ1) is 16.4. The molecule has 0 heterocycles. The Kier molecular flexibility index (Phi) is 7.75. The van der Waals surface area contributed by atoms with Gasteiger partial charge in [0.25, 0.3) is 0 Å². The SMILES string of the molecule is CCC(CCOSc1ccccc1)OSc1ccccc1. The van der Waals surface area contributed by atoms with E-state index in [2.05, 4.69) is 19.1 Å². The van der Waals surface area contributed by atoms with Crippen LogP contribution in [0.2, 0.25) is 0 Å². The second-order valence-corrected chi connectivity index (χ2v) is 6.23. The van der Waals surface area contributed by atoms with Gasteiger partial charge in [0, 0.05) is 33.9 Å². The Hall–Kier alpha value is -0.940. The van der Waals surface area contributed by atoms with E-state index >= 15 is 0 Å². The minimum atomic E-state index is 0.214. The first-order valence-electron chi connectivity index (χ1n) is 7.11. The Morgan fingerprint density at radius 3 is 2.00 bits per heavy atom. The summed E-state index contributed by atoms with van der Waals surface area (Å²) in [6, 6.07) is 20.3. The molecule has 0 aromatic heterocycles. The summed E-state index contributed by atoms with van der Waals surface area (Å²) in [5.74, 6) is 0. The van der Waals surface area contributed by atoms with Crippen LogP contribution in [0.5, 0.6) is 0 Å². The van der Waals surface area contributed by atoms with Gasteiger partial charge in [0.15, 0.2) is 0 Å². The third-order valence-electron chi connectivity index (χ3n) is 2.90. The normalized spacial score (nSPS) is 12.2. The molecule has 0 radical (unpaired) electrons. The molecule has 0 amide bonds. The summed E-state index contributed by atoms with van der Waals surface area (Å²) in [6.07, 6.45) is 2.10. The van der Waals surface area contributed by atoms with E-state index in [0.29, 0.717) is 6.61 Å². The van der Waals surface area contributed by atoms with Gasteiger partial charge in [-0.05, 0) is 37.1 Å². The van der Waals surface area contributed by atoms with Crippen molar-refractivity contribution < 1.29 is 8.37 Å². The topological polar surface area (TPSA) is 18.5 Å². The molecule has 2 aromatic carbocycles. The van der Waals surface area contributed by atoms with Crippen LogP contribution in [0.15, 0.2) is 70.5 Å². The Balaban J connectivity index is 1.63. The van der Waals surface area contributed by atoms with Gasteiger partial charge in [-0.1, -0.05) is 43.3 Å². The molecule has 2 aromatic rings. The van der Waals surface area contributed by atoms with Crippen LogP contribution in [0.4, 0.5) is 0 Å². The van der Waals surface area contributed by atoms with Crippen molar-refractivity contribution in [2.45, 2.75) is 35.7 Å². The van der Waals surface area contributed by atoms with Crippen LogP contribution >= 0.6 is 24.1 Å². The molecule has 0 aliphatic heterocycles. The van der Waals surface area contributed by atoms with Crippen LogP contribution in [-0.2, 0) is 8.37 Å². The predicted molar refractivity (Wildman–Crippen MR) is 90.3 cm³/mol. The Bertz CT molecular complexity index is 491. The van der Waals surface area contributed by atoms with Gasteiger partial charge in [0.1, 0.15) is 0 Å². The highest BCUT2D eigenvalue weighted by atomic mass is 32.2. The number of benzene rings is 2. The van der Waals surface area contributed by atoms with Gasteiger partial charge in [-0.3, -0.25) is 0 Å². The lowest BCUT2D eigenvalue weighted by Crippen LogP contribution is -2.10. The second kappa shape index (κ2) is 9.90. The van der Waals surface area contributed by atoms with Gasteiger partial charge in [0.05, 0.1) is 12.7 Å². The summed E-state index contributed by atoms with van der Waals surface area (Å²) in [4.78, 5) is 2.26. The Labute approximate surface area is 135 Å². The molecule has 112 valence electrons. The van der Waals surface area contributed by atoms with Crippen molar-refractivity contribution in [3.05, 3.63) is 60.7 Å². The molecule has 2 rings (SSSR count). The minimum absolute atomic E-state index is 0.214. The van der Waals surface area contributed by atoms with E-state index in [1.165, 1.54) is 24.1 Å². The van der Waals surface area contributed by atoms with E-state index in [-0.39, 0.29) is 6.10 Å². The molecule has 2 nitrogen and oxygen atoms in total. The fourth-order valence-corrected chi connectivity index (χ4v) is 3.02. The summed E-state index contributed by atoms with van der Waals surface area (Å²) in [6.45, 7) is 2.83. The van der Waals surface area contributed by atoms with Crippen molar-refractivity contribution in [1.29, 1.82) is 0 Å². The molecule has 0 spiro atoms. The zero-order valence-corrected chi connectivity index (χ0v) is 13.7. The maximum Gasteiger partial charge on any atom is 0.0746 e. The zero-order valence-electron chi connectivity index (χ0n) is 12.1. The maximum absolute atomic E-state index is 5.86. The van der Waals surface area contributed by atoms with E-state index in [0.717, 1.165) is 22.6 Å². The molecule has 1 unspecified atom stereocenters. The molecule has 0 aliphatic carbocycles. The highest BCUT2D eigenvalue weighted by molar-refractivity contribution is 7.95. The van der Waals surface area contributed by atoms with Gasteiger partial charge in [-0.2, -0.15) is 0 Å². The van der Waals surface area contributed by atoms with Crippen molar-refractivity contribution in [2.75, 3.05) is 6.61 Å². The van der Waals surface area contributed by atoms with Crippen molar-refractivity contribution in [2.24, 2.45) is 0 Å². The van der Waals surface area contributed by atoms with E-state index < -0.39 is 0 Å². The van der Waals surface area contributed by atoms with Crippen LogP contribution in [0.3, 0.4) is 0 Å². The van der Waals surface area contributed by atoms with Crippen LogP contribution in [0, 0.1) is 0 Å². The molecule has 0 saturated carbocycles. The summed E-state index contributed by atoms with van der Waals surface area (Å²) < 4.78 is 11.5. The lowest BCUT2D eigenvalue weighted by Gasteiger charge is -2.14. The van der Waals surface area contributed by atoms with Crippen LogP contribution in [0.25, 0.3) is 0 Å².